The summed E-state index contributed by atoms with van der Waals surface area (Å²) >= 11 is 0. The summed E-state index contributed by atoms with van der Waals surface area (Å²) in [4.78, 5) is 50.6. The van der Waals surface area contributed by atoms with Crippen LogP contribution >= 0.6 is 0 Å². The van der Waals surface area contributed by atoms with E-state index in [0.717, 1.165) is 24.0 Å². The average Bonchev–Trinajstić information content (AvgIpc) is 3.03. The number of nitrogens with two attached hydrogens (primary N) is 1. The first-order valence-corrected chi connectivity index (χ1v) is 15.3. The van der Waals surface area contributed by atoms with Crippen molar-refractivity contribution in [2.75, 3.05) is 57.2 Å². The number of hydrogen-bond donors (Lipinski definition) is 5. The maximum Gasteiger partial charge on any atom is 0.407 e. The lowest BCUT2D eigenvalue weighted by Crippen LogP contribution is -2.38. The topological polar surface area (TPSA) is 182 Å². The van der Waals surface area contributed by atoms with Crippen LogP contribution in [0.4, 0.5) is 16.2 Å². The van der Waals surface area contributed by atoms with Crippen molar-refractivity contribution in [3.63, 3.8) is 0 Å². The molecule has 0 spiro atoms. The number of nitrogens with one attached hydrogen (secondary N) is 3. The third-order valence-corrected chi connectivity index (χ3v) is 6.78. The summed E-state index contributed by atoms with van der Waals surface area (Å²) < 4.78 is 15.6. The Hall–Kier alpha value is -4.20. The van der Waals surface area contributed by atoms with E-state index < -0.39 is 12.0 Å². The quantitative estimate of drug-likeness (QED) is 0.0594. The number of nitrogens with zero attached hydrogens (tertiary/aromatic N) is 1. The van der Waals surface area contributed by atoms with Gasteiger partial charge in [-0.3, -0.25) is 19.6 Å². The summed E-state index contributed by atoms with van der Waals surface area (Å²) in [5.74, 6) is -0.797. The molecule has 2 aromatic rings. The average molecular weight is 630 g/mol. The first-order chi connectivity index (χ1) is 21.7. The molecule has 0 saturated heterocycles. The van der Waals surface area contributed by atoms with Gasteiger partial charge in [-0.1, -0.05) is 25.0 Å². The van der Waals surface area contributed by atoms with Gasteiger partial charge in [0.2, 0.25) is 11.8 Å². The second kappa shape index (κ2) is 21.5. The molecule has 0 aliphatic carbocycles. The number of nitrogen functional groups attached to an aromatic ring is 1. The number of amides is 4. The highest BCUT2D eigenvalue weighted by Crippen LogP contribution is 2.17. The van der Waals surface area contributed by atoms with Crippen LogP contribution in [0.3, 0.4) is 0 Å². The van der Waals surface area contributed by atoms with Crippen LogP contribution in [-0.2, 0) is 30.3 Å². The van der Waals surface area contributed by atoms with Crippen molar-refractivity contribution in [1.82, 2.24) is 15.7 Å². The van der Waals surface area contributed by atoms with Gasteiger partial charge in [0.05, 0.1) is 19.8 Å². The normalized spacial score (nSPS) is 10.6. The van der Waals surface area contributed by atoms with Crippen LogP contribution in [0.5, 0.6) is 0 Å². The summed E-state index contributed by atoms with van der Waals surface area (Å²) in [5.41, 5.74) is 11.0. The standard InChI is InChI=1S/C32H47N5O8/c1-3-43-18-19-44-20-21-45-32(41)34-16-17-37(23-25-10-15-28(33)24(2)22-25)31(40)26-11-13-27(14-12-26)35-29(38)8-6-4-5-7-9-30(39)36-42/h10-15,22,42H,3-9,16-21,23,33H2,1-2H3,(H,34,41)(H,35,38)(H,36,39). The molecule has 0 aliphatic heterocycles. The summed E-state index contributed by atoms with van der Waals surface area (Å²) in [7, 11) is 0. The van der Waals surface area contributed by atoms with E-state index in [1.807, 2.05) is 26.0 Å². The van der Waals surface area contributed by atoms with E-state index in [0.29, 0.717) is 62.6 Å². The number of benzene rings is 2. The minimum atomic E-state index is -0.603. The largest absolute Gasteiger partial charge is 0.447 e. The lowest BCUT2D eigenvalue weighted by Gasteiger charge is -2.24. The number of hydrogen-bond acceptors (Lipinski definition) is 9. The van der Waals surface area contributed by atoms with Crippen LogP contribution in [0.15, 0.2) is 42.5 Å². The highest BCUT2D eigenvalue weighted by molar-refractivity contribution is 5.96. The second-order valence-electron chi connectivity index (χ2n) is 10.4. The molecule has 13 nitrogen and oxygen atoms in total. The Morgan fingerprint density at radius 1 is 0.867 bits per heavy atom. The monoisotopic (exact) mass is 629 g/mol. The fourth-order valence-corrected chi connectivity index (χ4v) is 4.29. The Balaban J connectivity index is 1.88. The molecule has 13 heteroatoms. The summed E-state index contributed by atoms with van der Waals surface area (Å²) in [6, 6.07) is 12.2. The number of hydroxylamine groups is 1. The highest BCUT2D eigenvalue weighted by Gasteiger charge is 2.17. The SMILES string of the molecule is CCOCCOCCOC(=O)NCCN(Cc1ccc(N)c(C)c1)C(=O)c1ccc(NC(=O)CCCCCCC(=O)NO)cc1. The Kier molecular flexibility index (Phi) is 17.7. The van der Waals surface area contributed by atoms with E-state index in [2.05, 4.69) is 10.6 Å². The Morgan fingerprint density at radius 3 is 2.20 bits per heavy atom. The van der Waals surface area contributed by atoms with Crippen molar-refractivity contribution in [3.05, 3.63) is 59.2 Å². The zero-order valence-electron chi connectivity index (χ0n) is 26.3. The lowest BCUT2D eigenvalue weighted by molar-refractivity contribution is -0.129. The van der Waals surface area contributed by atoms with Crippen LogP contribution in [-0.4, -0.2) is 80.0 Å². The number of unbranched alkanes of at least 4 members (excludes halogenated alkanes) is 3. The molecule has 0 saturated carbocycles. The fraction of sp³-hybridized carbons (Fsp3) is 0.500. The number of anilines is 2. The van der Waals surface area contributed by atoms with Gasteiger partial charge < -0.3 is 35.5 Å². The van der Waals surface area contributed by atoms with Crippen molar-refractivity contribution < 1.29 is 38.6 Å². The molecule has 0 bridgehead atoms. The van der Waals surface area contributed by atoms with E-state index in [-0.39, 0.29) is 44.5 Å². The minimum absolute atomic E-state index is 0.0969. The molecular formula is C32H47N5O8. The van der Waals surface area contributed by atoms with E-state index in [9.17, 15) is 19.2 Å². The van der Waals surface area contributed by atoms with E-state index in [1.54, 1.807) is 40.7 Å². The van der Waals surface area contributed by atoms with Crippen LogP contribution in [0.25, 0.3) is 0 Å². The van der Waals surface area contributed by atoms with Gasteiger partial charge in [0.15, 0.2) is 0 Å². The fourth-order valence-electron chi connectivity index (χ4n) is 4.29. The van der Waals surface area contributed by atoms with E-state index >= 15 is 0 Å². The molecule has 0 radical (unpaired) electrons. The van der Waals surface area contributed by atoms with Gasteiger partial charge in [-0.25, -0.2) is 10.3 Å². The van der Waals surface area contributed by atoms with Gasteiger partial charge in [0.25, 0.3) is 5.91 Å². The second-order valence-corrected chi connectivity index (χ2v) is 10.4. The molecule has 0 aliphatic rings. The predicted molar refractivity (Wildman–Crippen MR) is 170 cm³/mol. The van der Waals surface area contributed by atoms with Crippen LogP contribution in [0.2, 0.25) is 0 Å². The molecular weight excluding hydrogens is 582 g/mol. The molecule has 248 valence electrons. The van der Waals surface area contributed by atoms with Crippen LogP contribution in [0.1, 0.15) is 66.9 Å². The molecule has 0 heterocycles. The van der Waals surface area contributed by atoms with Crippen molar-refractivity contribution in [2.45, 2.75) is 58.9 Å². The smallest absolute Gasteiger partial charge is 0.407 e. The molecule has 45 heavy (non-hydrogen) atoms. The van der Waals surface area contributed by atoms with Crippen LogP contribution in [0, 0.1) is 6.92 Å². The summed E-state index contributed by atoms with van der Waals surface area (Å²) in [6.07, 6.45) is 2.87. The third-order valence-electron chi connectivity index (χ3n) is 6.78. The molecule has 6 N–H and O–H groups in total. The van der Waals surface area contributed by atoms with Crippen molar-refractivity contribution >= 4 is 35.2 Å². The maximum atomic E-state index is 13.5. The van der Waals surface area contributed by atoms with E-state index in [1.165, 1.54) is 0 Å². The Labute approximate surface area is 264 Å². The van der Waals surface area contributed by atoms with Gasteiger partial charge >= 0.3 is 6.09 Å². The number of aryl methyl sites for hydroxylation is 1. The number of rotatable bonds is 21. The maximum absolute atomic E-state index is 13.5. The molecule has 4 amide bonds. The molecule has 0 fully saturated rings. The zero-order chi connectivity index (χ0) is 32.9. The van der Waals surface area contributed by atoms with Crippen molar-refractivity contribution in [1.29, 1.82) is 0 Å². The molecule has 2 rings (SSSR count). The zero-order valence-corrected chi connectivity index (χ0v) is 26.3. The Morgan fingerprint density at radius 2 is 1.53 bits per heavy atom. The van der Waals surface area contributed by atoms with Gasteiger partial charge in [0, 0.05) is 56.0 Å². The molecule has 0 aromatic heterocycles. The molecule has 2 aromatic carbocycles. The van der Waals surface area contributed by atoms with Gasteiger partial charge in [0.1, 0.15) is 6.61 Å². The van der Waals surface area contributed by atoms with E-state index in [4.69, 9.17) is 25.2 Å². The summed E-state index contributed by atoms with van der Waals surface area (Å²) in [5, 5.41) is 14.0. The lowest BCUT2D eigenvalue weighted by atomic mass is 10.1. The van der Waals surface area contributed by atoms with Crippen LogP contribution < -0.4 is 21.8 Å². The van der Waals surface area contributed by atoms with Gasteiger partial charge in [-0.2, -0.15) is 0 Å². The van der Waals surface area contributed by atoms with Crippen molar-refractivity contribution in [3.8, 4) is 0 Å². The van der Waals surface area contributed by atoms with Crippen molar-refractivity contribution in [2.24, 2.45) is 0 Å². The minimum Gasteiger partial charge on any atom is -0.447 e. The first-order valence-electron chi connectivity index (χ1n) is 15.3. The summed E-state index contributed by atoms with van der Waals surface area (Å²) in [6.45, 7) is 6.37. The number of ether oxygens (including phenoxy) is 3. The molecule has 0 unspecified atom stereocenters. The van der Waals surface area contributed by atoms with Gasteiger partial charge in [-0.15, -0.1) is 0 Å². The number of carbonyl (C=O) groups is 4. The number of carbonyl (C=O) groups excluding carboxylic acids is 4. The predicted octanol–water partition coefficient (Wildman–Crippen LogP) is 3.78. The first kappa shape index (κ1) is 37.0. The third kappa shape index (κ3) is 15.4. The van der Waals surface area contributed by atoms with Gasteiger partial charge in [-0.05, 0) is 68.1 Å². The number of alkyl carbamates (subject to hydrolysis) is 1. The Bertz CT molecular complexity index is 1210. The molecule has 0 atom stereocenters. The highest BCUT2D eigenvalue weighted by atomic mass is 16.6.